The third-order valence-corrected chi connectivity index (χ3v) is 5.35. The first-order valence-corrected chi connectivity index (χ1v) is 8.67. The van der Waals surface area contributed by atoms with E-state index in [1.54, 1.807) is 31.3 Å². The summed E-state index contributed by atoms with van der Waals surface area (Å²) in [4.78, 5) is 0.270. The topological polar surface area (TPSA) is 72.6 Å². The number of ether oxygens (including phenoxy) is 1. The molecule has 1 atom stereocenters. The van der Waals surface area contributed by atoms with Gasteiger partial charge in [-0.3, -0.25) is 0 Å². The van der Waals surface area contributed by atoms with Crippen LogP contribution in [0.1, 0.15) is 27.2 Å². The van der Waals surface area contributed by atoms with Gasteiger partial charge in [0, 0.05) is 19.6 Å². The lowest BCUT2D eigenvalue weighted by Gasteiger charge is -2.21. The molecular weight excluding hydrogens is 288 g/mol. The van der Waals surface area contributed by atoms with Crippen LogP contribution >= 0.6 is 0 Å². The van der Waals surface area contributed by atoms with Crippen LogP contribution in [0.2, 0.25) is 0 Å². The van der Waals surface area contributed by atoms with Gasteiger partial charge in [-0.25, -0.2) is 12.7 Å². The standard InChI is InChI=1S/C15H26N2O3S/c1-5-20-13-6-8-14(9-7-13)21(18,19)17(4)11-10-15(16)12(2)3/h6-9,12,15H,5,10-11,16H2,1-4H3. The molecule has 21 heavy (non-hydrogen) atoms. The van der Waals surface area contributed by atoms with Crippen LogP contribution < -0.4 is 10.5 Å². The molecule has 0 heterocycles. The molecule has 120 valence electrons. The monoisotopic (exact) mass is 314 g/mol. The van der Waals surface area contributed by atoms with E-state index in [0.29, 0.717) is 31.2 Å². The number of benzene rings is 1. The van der Waals surface area contributed by atoms with Crippen molar-refractivity contribution in [3.8, 4) is 5.75 Å². The van der Waals surface area contributed by atoms with Crippen LogP contribution in [-0.2, 0) is 10.0 Å². The predicted molar refractivity (Wildman–Crippen MR) is 84.9 cm³/mol. The summed E-state index contributed by atoms with van der Waals surface area (Å²) in [5.41, 5.74) is 5.96. The number of sulfonamides is 1. The zero-order valence-corrected chi connectivity index (χ0v) is 14.1. The number of nitrogens with two attached hydrogens (primary N) is 1. The fourth-order valence-corrected chi connectivity index (χ4v) is 3.02. The highest BCUT2D eigenvalue weighted by Gasteiger charge is 2.21. The second kappa shape index (κ2) is 7.77. The van der Waals surface area contributed by atoms with Crippen LogP contribution in [0.15, 0.2) is 29.2 Å². The molecular formula is C15H26N2O3S. The average Bonchev–Trinajstić information content (AvgIpc) is 2.45. The van der Waals surface area contributed by atoms with Crippen LogP contribution in [0.4, 0.5) is 0 Å². The summed E-state index contributed by atoms with van der Waals surface area (Å²) in [6.45, 7) is 6.92. The third kappa shape index (κ3) is 4.98. The number of hydrogen-bond donors (Lipinski definition) is 1. The van der Waals surface area contributed by atoms with Crippen molar-refractivity contribution in [3.05, 3.63) is 24.3 Å². The van der Waals surface area contributed by atoms with E-state index < -0.39 is 10.0 Å². The second-order valence-corrected chi connectivity index (χ2v) is 7.47. The van der Waals surface area contributed by atoms with Gasteiger partial charge < -0.3 is 10.5 Å². The van der Waals surface area contributed by atoms with Gasteiger partial charge in [0.05, 0.1) is 11.5 Å². The van der Waals surface area contributed by atoms with Crippen LogP contribution in [0.25, 0.3) is 0 Å². The molecule has 0 aliphatic carbocycles. The Morgan fingerprint density at radius 2 is 1.81 bits per heavy atom. The van der Waals surface area contributed by atoms with Gasteiger partial charge in [0.15, 0.2) is 0 Å². The van der Waals surface area contributed by atoms with Crippen molar-refractivity contribution < 1.29 is 13.2 Å². The highest BCUT2D eigenvalue weighted by atomic mass is 32.2. The van der Waals surface area contributed by atoms with Gasteiger partial charge in [0.25, 0.3) is 0 Å². The molecule has 1 rings (SSSR count). The van der Waals surface area contributed by atoms with E-state index in [-0.39, 0.29) is 10.9 Å². The Bertz CT molecular complexity index is 526. The van der Waals surface area contributed by atoms with E-state index in [1.807, 2.05) is 20.8 Å². The molecule has 1 aromatic rings. The van der Waals surface area contributed by atoms with Gasteiger partial charge in [-0.2, -0.15) is 0 Å². The lowest BCUT2D eigenvalue weighted by atomic mass is 10.0. The van der Waals surface area contributed by atoms with Crippen molar-refractivity contribution in [2.45, 2.75) is 38.1 Å². The zero-order valence-electron chi connectivity index (χ0n) is 13.2. The maximum atomic E-state index is 12.4. The average molecular weight is 314 g/mol. The number of nitrogens with zero attached hydrogens (tertiary/aromatic N) is 1. The summed E-state index contributed by atoms with van der Waals surface area (Å²) in [5, 5.41) is 0. The Morgan fingerprint density at radius 1 is 1.24 bits per heavy atom. The molecule has 0 aromatic heterocycles. The van der Waals surface area contributed by atoms with E-state index >= 15 is 0 Å². The second-order valence-electron chi connectivity index (χ2n) is 5.43. The van der Waals surface area contributed by atoms with E-state index in [0.717, 1.165) is 0 Å². The summed E-state index contributed by atoms with van der Waals surface area (Å²) in [6.07, 6.45) is 0.643. The first kappa shape index (κ1) is 17.9. The molecule has 0 saturated carbocycles. The molecule has 1 unspecified atom stereocenters. The Hall–Kier alpha value is -1.11. The van der Waals surface area contributed by atoms with Gasteiger partial charge in [0.1, 0.15) is 5.75 Å². The molecule has 6 heteroatoms. The van der Waals surface area contributed by atoms with Crippen molar-refractivity contribution in [1.82, 2.24) is 4.31 Å². The van der Waals surface area contributed by atoms with E-state index in [2.05, 4.69) is 0 Å². The third-order valence-electron chi connectivity index (χ3n) is 3.48. The highest BCUT2D eigenvalue weighted by molar-refractivity contribution is 7.89. The van der Waals surface area contributed by atoms with Crippen molar-refractivity contribution in [1.29, 1.82) is 0 Å². The maximum Gasteiger partial charge on any atom is 0.242 e. The fourth-order valence-electron chi connectivity index (χ4n) is 1.84. The van der Waals surface area contributed by atoms with Crippen molar-refractivity contribution in [2.75, 3.05) is 20.2 Å². The molecule has 5 nitrogen and oxygen atoms in total. The fraction of sp³-hybridized carbons (Fsp3) is 0.600. The molecule has 1 aromatic carbocycles. The first-order chi connectivity index (χ1) is 9.78. The highest BCUT2D eigenvalue weighted by Crippen LogP contribution is 2.19. The molecule has 0 aliphatic rings. The van der Waals surface area contributed by atoms with Gasteiger partial charge in [0.2, 0.25) is 10.0 Å². The SMILES string of the molecule is CCOc1ccc(S(=O)(=O)N(C)CCC(N)C(C)C)cc1. The first-order valence-electron chi connectivity index (χ1n) is 7.23. The van der Waals surface area contributed by atoms with E-state index in [9.17, 15) is 8.42 Å². The quantitative estimate of drug-likeness (QED) is 0.797. The maximum absolute atomic E-state index is 12.4. The van der Waals surface area contributed by atoms with Crippen molar-refractivity contribution >= 4 is 10.0 Å². The largest absolute Gasteiger partial charge is 0.494 e. The molecule has 0 aliphatic heterocycles. The lowest BCUT2D eigenvalue weighted by molar-refractivity contribution is 0.340. The summed E-state index contributed by atoms with van der Waals surface area (Å²) >= 11 is 0. The molecule has 2 N–H and O–H groups in total. The zero-order chi connectivity index (χ0) is 16.0. The minimum absolute atomic E-state index is 0.00276. The van der Waals surface area contributed by atoms with Crippen molar-refractivity contribution in [3.63, 3.8) is 0 Å². The summed E-state index contributed by atoms with van der Waals surface area (Å²) < 4.78 is 31.5. The Labute approximate surface area is 128 Å². The Morgan fingerprint density at radius 3 is 2.29 bits per heavy atom. The molecule has 0 radical (unpaired) electrons. The normalized spacial score (nSPS) is 13.7. The lowest BCUT2D eigenvalue weighted by Crippen LogP contribution is -2.34. The minimum Gasteiger partial charge on any atom is -0.494 e. The van der Waals surface area contributed by atoms with Gasteiger partial charge in [-0.1, -0.05) is 13.8 Å². The molecule has 0 bridgehead atoms. The number of hydrogen-bond acceptors (Lipinski definition) is 4. The Kier molecular flexibility index (Phi) is 6.64. The van der Waals surface area contributed by atoms with Gasteiger partial charge in [-0.05, 0) is 43.5 Å². The van der Waals surface area contributed by atoms with E-state index in [1.165, 1.54) is 4.31 Å². The summed E-state index contributed by atoms with van der Waals surface area (Å²) in [5.74, 6) is 1.01. The van der Waals surface area contributed by atoms with Crippen LogP contribution in [0, 0.1) is 5.92 Å². The summed E-state index contributed by atoms with van der Waals surface area (Å²) in [7, 11) is -1.89. The van der Waals surface area contributed by atoms with Crippen LogP contribution in [-0.4, -0.2) is 39.0 Å². The number of rotatable bonds is 8. The predicted octanol–water partition coefficient (Wildman–Crippen LogP) is 2.08. The van der Waals surface area contributed by atoms with Crippen molar-refractivity contribution in [2.24, 2.45) is 11.7 Å². The molecule has 0 spiro atoms. The van der Waals surface area contributed by atoms with Gasteiger partial charge in [-0.15, -0.1) is 0 Å². The van der Waals surface area contributed by atoms with Gasteiger partial charge >= 0.3 is 0 Å². The molecule has 0 amide bonds. The minimum atomic E-state index is -3.47. The van der Waals surface area contributed by atoms with Crippen LogP contribution in [0.3, 0.4) is 0 Å². The summed E-state index contributed by atoms with van der Waals surface area (Å²) in [6, 6.07) is 6.48. The molecule has 0 fully saturated rings. The Balaban J connectivity index is 2.75. The molecule has 0 saturated heterocycles. The van der Waals surface area contributed by atoms with E-state index in [4.69, 9.17) is 10.5 Å². The smallest absolute Gasteiger partial charge is 0.242 e. The van der Waals surface area contributed by atoms with Crippen LogP contribution in [0.5, 0.6) is 5.75 Å².